The van der Waals surface area contributed by atoms with Crippen LogP contribution in [0.25, 0.3) is 0 Å². The predicted octanol–water partition coefficient (Wildman–Crippen LogP) is 4.30. The van der Waals surface area contributed by atoms with E-state index in [1.54, 1.807) is 18.2 Å². The van der Waals surface area contributed by atoms with E-state index in [-0.39, 0.29) is 15.8 Å². The molecule has 7 heteroatoms. The maximum absolute atomic E-state index is 12.1. The van der Waals surface area contributed by atoms with Gasteiger partial charge in [0.25, 0.3) is 5.91 Å². The van der Waals surface area contributed by atoms with Gasteiger partial charge in [-0.3, -0.25) is 4.79 Å². The van der Waals surface area contributed by atoms with Crippen LogP contribution in [0.5, 0.6) is 5.75 Å². The minimum absolute atomic E-state index is 0.0524. The van der Waals surface area contributed by atoms with Crippen LogP contribution in [0.2, 0.25) is 10.0 Å². The summed E-state index contributed by atoms with van der Waals surface area (Å²) in [5.41, 5.74) is 6.81. The largest absolute Gasteiger partial charge is 0.505 e. The van der Waals surface area contributed by atoms with Crippen LogP contribution < -0.4 is 11.1 Å². The Morgan fingerprint density at radius 1 is 1.20 bits per heavy atom. The molecule has 104 valence electrons. The topological polar surface area (TPSA) is 75.4 Å². The summed E-state index contributed by atoms with van der Waals surface area (Å²) in [4.78, 5) is 12.1. The van der Waals surface area contributed by atoms with Crippen molar-refractivity contribution in [2.45, 2.75) is 0 Å². The first kappa shape index (κ1) is 15.0. The van der Waals surface area contributed by atoms with E-state index < -0.39 is 5.91 Å². The number of carbonyl (C=O) groups is 1. The standard InChI is InChI=1S/C13H9BrCl2N2O2/c14-6-1-2-8(11(17)3-6)13(20)18-7-4-9(15)12(19)10(16)5-7/h1-5,19H,17H2,(H,18,20). The van der Waals surface area contributed by atoms with Gasteiger partial charge in [-0.2, -0.15) is 0 Å². The molecule has 4 nitrogen and oxygen atoms in total. The van der Waals surface area contributed by atoms with Crippen LogP contribution in [-0.4, -0.2) is 11.0 Å². The molecule has 0 aliphatic rings. The minimum atomic E-state index is -0.396. The molecule has 0 spiro atoms. The van der Waals surface area contributed by atoms with Crippen LogP contribution in [-0.2, 0) is 0 Å². The summed E-state index contributed by atoms with van der Waals surface area (Å²) in [5, 5.41) is 12.2. The zero-order chi connectivity index (χ0) is 14.9. The molecule has 0 saturated carbocycles. The lowest BCUT2D eigenvalue weighted by Gasteiger charge is -2.09. The number of nitrogen functional groups attached to an aromatic ring is 1. The Labute approximate surface area is 133 Å². The van der Waals surface area contributed by atoms with Gasteiger partial charge in [0.15, 0.2) is 5.75 Å². The number of nitrogens with two attached hydrogens (primary N) is 1. The fraction of sp³-hybridized carbons (Fsp3) is 0. The summed E-state index contributed by atoms with van der Waals surface area (Å²) < 4.78 is 0.780. The zero-order valence-corrected chi connectivity index (χ0v) is 13.1. The molecular weight excluding hydrogens is 367 g/mol. The first-order valence-electron chi connectivity index (χ1n) is 5.43. The number of halogens is 3. The Bertz CT molecular complexity index is 669. The Morgan fingerprint density at radius 3 is 2.35 bits per heavy atom. The zero-order valence-electron chi connectivity index (χ0n) is 9.95. The van der Waals surface area contributed by atoms with Gasteiger partial charge in [-0.05, 0) is 30.3 Å². The Morgan fingerprint density at radius 2 is 1.80 bits per heavy atom. The van der Waals surface area contributed by atoms with Gasteiger partial charge in [-0.15, -0.1) is 0 Å². The Hall–Kier alpha value is -1.43. The molecule has 0 fully saturated rings. The van der Waals surface area contributed by atoms with Crippen molar-refractivity contribution < 1.29 is 9.90 Å². The van der Waals surface area contributed by atoms with Gasteiger partial charge in [0.2, 0.25) is 0 Å². The van der Waals surface area contributed by atoms with Crippen LogP contribution in [0.4, 0.5) is 11.4 Å². The lowest BCUT2D eigenvalue weighted by Crippen LogP contribution is -2.14. The molecule has 1 amide bonds. The van der Waals surface area contributed by atoms with E-state index in [4.69, 9.17) is 28.9 Å². The average Bonchev–Trinajstić information content (AvgIpc) is 2.35. The third-order valence-corrected chi connectivity index (χ3v) is 3.60. The van der Waals surface area contributed by atoms with Crippen molar-refractivity contribution in [3.05, 3.63) is 50.4 Å². The molecule has 0 saturated heterocycles. The van der Waals surface area contributed by atoms with Gasteiger partial charge in [0.05, 0.1) is 15.6 Å². The van der Waals surface area contributed by atoms with Gasteiger partial charge in [-0.1, -0.05) is 39.1 Å². The maximum Gasteiger partial charge on any atom is 0.257 e. The molecule has 0 radical (unpaired) electrons. The quantitative estimate of drug-likeness (QED) is 0.541. The van der Waals surface area contributed by atoms with Crippen molar-refractivity contribution in [2.24, 2.45) is 0 Å². The van der Waals surface area contributed by atoms with Crippen molar-refractivity contribution in [3.63, 3.8) is 0 Å². The highest BCUT2D eigenvalue weighted by molar-refractivity contribution is 9.10. The van der Waals surface area contributed by atoms with E-state index in [0.717, 1.165) is 4.47 Å². The van der Waals surface area contributed by atoms with E-state index in [2.05, 4.69) is 21.2 Å². The number of rotatable bonds is 2. The molecule has 0 heterocycles. The molecule has 4 N–H and O–H groups in total. The number of hydrogen-bond donors (Lipinski definition) is 3. The highest BCUT2D eigenvalue weighted by Gasteiger charge is 2.12. The van der Waals surface area contributed by atoms with E-state index in [1.165, 1.54) is 12.1 Å². The van der Waals surface area contributed by atoms with Crippen LogP contribution >= 0.6 is 39.1 Å². The molecule has 0 aliphatic carbocycles. The first-order valence-corrected chi connectivity index (χ1v) is 6.98. The number of carbonyl (C=O) groups excluding carboxylic acids is 1. The molecule has 0 atom stereocenters. The van der Waals surface area contributed by atoms with Gasteiger partial charge in [0, 0.05) is 15.8 Å². The van der Waals surface area contributed by atoms with Crippen LogP contribution in [0, 0.1) is 0 Å². The number of phenolic OH excluding ortho intramolecular Hbond substituents is 1. The number of phenols is 1. The first-order chi connectivity index (χ1) is 9.38. The van der Waals surface area contributed by atoms with Gasteiger partial charge in [-0.25, -0.2) is 0 Å². The van der Waals surface area contributed by atoms with Gasteiger partial charge in [0.1, 0.15) is 0 Å². The van der Waals surface area contributed by atoms with E-state index in [9.17, 15) is 9.90 Å². The van der Waals surface area contributed by atoms with E-state index >= 15 is 0 Å². The Kier molecular flexibility index (Phi) is 4.42. The third kappa shape index (κ3) is 3.17. The fourth-order valence-corrected chi connectivity index (χ4v) is 2.44. The van der Waals surface area contributed by atoms with Gasteiger partial charge >= 0.3 is 0 Å². The van der Waals surface area contributed by atoms with Crippen molar-refractivity contribution in [1.82, 2.24) is 0 Å². The smallest absolute Gasteiger partial charge is 0.257 e. The molecule has 2 aromatic carbocycles. The molecule has 0 aromatic heterocycles. The van der Waals surface area contributed by atoms with Crippen molar-refractivity contribution in [3.8, 4) is 5.75 Å². The van der Waals surface area contributed by atoms with Crippen molar-refractivity contribution in [2.75, 3.05) is 11.1 Å². The molecule has 2 rings (SSSR count). The summed E-state index contributed by atoms with van der Waals surface area (Å²) in [6, 6.07) is 7.73. The number of benzene rings is 2. The second-order valence-corrected chi connectivity index (χ2v) is 5.70. The lowest BCUT2D eigenvalue weighted by atomic mass is 10.1. The third-order valence-electron chi connectivity index (χ3n) is 2.53. The number of nitrogens with one attached hydrogen (secondary N) is 1. The highest BCUT2D eigenvalue weighted by Crippen LogP contribution is 2.34. The maximum atomic E-state index is 12.1. The number of amides is 1. The van der Waals surface area contributed by atoms with Crippen LogP contribution in [0.3, 0.4) is 0 Å². The van der Waals surface area contributed by atoms with Crippen LogP contribution in [0.15, 0.2) is 34.8 Å². The average molecular weight is 376 g/mol. The molecule has 0 bridgehead atoms. The molecule has 20 heavy (non-hydrogen) atoms. The molecule has 2 aromatic rings. The highest BCUT2D eigenvalue weighted by atomic mass is 79.9. The monoisotopic (exact) mass is 374 g/mol. The van der Waals surface area contributed by atoms with Crippen LogP contribution in [0.1, 0.15) is 10.4 Å². The molecule has 0 aliphatic heterocycles. The van der Waals surface area contributed by atoms with E-state index in [0.29, 0.717) is 16.9 Å². The SMILES string of the molecule is Nc1cc(Br)ccc1C(=O)Nc1cc(Cl)c(O)c(Cl)c1. The summed E-state index contributed by atoms with van der Waals surface area (Å²) >= 11 is 14.8. The summed E-state index contributed by atoms with van der Waals surface area (Å²) in [6.07, 6.45) is 0. The Balaban J connectivity index is 2.28. The number of anilines is 2. The number of aromatic hydroxyl groups is 1. The summed E-state index contributed by atoms with van der Waals surface area (Å²) in [6.45, 7) is 0. The van der Waals surface area contributed by atoms with Crippen molar-refractivity contribution in [1.29, 1.82) is 0 Å². The summed E-state index contributed by atoms with van der Waals surface area (Å²) in [5.74, 6) is -0.623. The van der Waals surface area contributed by atoms with Gasteiger partial charge < -0.3 is 16.2 Å². The lowest BCUT2D eigenvalue weighted by molar-refractivity contribution is 0.102. The molecular formula is C13H9BrCl2N2O2. The second-order valence-electron chi connectivity index (χ2n) is 3.97. The normalized spacial score (nSPS) is 10.3. The minimum Gasteiger partial charge on any atom is -0.505 e. The molecule has 0 unspecified atom stereocenters. The van der Waals surface area contributed by atoms with Crippen molar-refractivity contribution >= 4 is 56.4 Å². The number of hydrogen-bond acceptors (Lipinski definition) is 3. The summed E-state index contributed by atoms with van der Waals surface area (Å²) in [7, 11) is 0. The second kappa shape index (κ2) is 5.91. The fourth-order valence-electron chi connectivity index (χ4n) is 1.58. The predicted molar refractivity (Wildman–Crippen MR) is 84.6 cm³/mol. The van der Waals surface area contributed by atoms with E-state index in [1.807, 2.05) is 0 Å².